The van der Waals surface area contributed by atoms with Crippen LogP contribution in [-0.2, 0) is 18.4 Å². The average molecular weight is 898 g/mol. The quantitative estimate of drug-likeness (QED) is 0.0243. The standard InChI is InChI=1S/C53H105N2O6P/c1-6-8-10-12-14-16-17-18-19-20-21-22-23-24-25-26-27-28-29-30-31-32-33-34-35-36-37-39-41-43-45-47-53(57)54-51(50-61-62(58,59)60-49-48-55(3,4)5)52(56)46-44-42-40-38-15-13-11-9-7-2/h24-25,44,46,51-52,56H,6-23,26-43,45,47-50H2,1-5H3,(H-,54,57,58,59)/p+1/b25-24-,46-44+. The maximum Gasteiger partial charge on any atom is 0.472 e. The fraction of sp³-hybridized carbons (Fsp3) is 0.906. The first-order chi connectivity index (χ1) is 30.0. The zero-order valence-electron chi connectivity index (χ0n) is 41.9. The molecule has 0 aromatic heterocycles. The van der Waals surface area contributed by atoms with Crippen LogP contribution in [-0.4, -0.2) is 73.4 Å². The van der Waals surface area contributed by atoms with Crippen LogP contribution < -0.4 is 5.32 Å². The second-order valence-corrected chi connectivity index (χ2v) is 21.1. The largest absolute Gasteiger partial charge is 0.472 e. The number of rotatable bonds is 49. The molecule has 0 saturated carbocycles. The van der Waals surface area contributed by atoms with Crippen LogP contribution in [0.25, 0.3) is 0 Å². The first-order valence-corrected chi connectivity index (χ1v) is 28.2. The van der Waals surface area contributed by atoms with Gasteiger partial charge in [-0.05, 0) is 44.9 Å². The lowest BCUT2D eigenvalue weighted by Crippen LogP contribution is -2.45. The van der Waals surface area contributed by atoms with Crippen LogP contribution in [0, 0.1) is 0 Å². The van der Waals surface area contributed by atoms with Crippen LogP contribution in [0.2, 0.25) is 0 Å². The number of quaternary nitrogens is 1. The second kappa shape index (κ2) is 45.1. The number of carbonyl (C=O) groups is 1. The summed E-state index contributed by atoms with van der Waals surface area (Å²) in [5.41, 5.74) is 0. The van der Waals surface area contributed by atoms with Gasteiger partial charge in [0.05, 0.1) is 39.9 Å². The Morgan fingerprint density at radius 1 is 0.532 bits per heavy atom. The molecule has 0 saturated heterocycles. The smallest absolute Gasteiger partial charge is 0.387 e. The van der Waals surface area contributed by atoms with E-state index >= 15 is 0 Å². The monoisotopic (exact) mass is 898 g/mol. The molecule has 3 unspecified atom stereocenters. The molecule has 0 aromatic carbocycles. The van der Waals surface area contributed by atoms with E-state index in [9.17, 15) is 19.4 Å². The third kappa shape index (κ3) is 47.0. The van der Waals surface area contributed by atoms with E-state index in [4.69, 9.17) is 9.05 Å². The minimum absolute atomic E-state index is 0.0630. The molecule has 0 aromatic rings. The summed E-state index contributed by atoms with van der Waals surface area (Å²) in [5.74, 6) is -0.176. The molecule has 0 aliphatic rings. The number of aliphatic hydroxyl groups is 1. The average Bonchev–Trinajstić information content (AvgIpc) is 3.23. The Morgan fingerprint density at radius 2 is 0.871 bits per heavy atom. The first-order valence-electron chi connectivity index (χ1n) is 26.7. The number of phosphoric ester groups is 1. The summed E-state index contributed by atoms with van der Waals surface area (Å²) < 4.78 is 23.5. The highest BCUT2D eigenvalue weighted by molar-refractivity contribution is 7.47. The van der Waals surface area contributed by atoms with Gasteiger partial charge in [-0.3, -0.25) is 13.8 Å². The SMILES string of the molecule is CCCCCCCCC/C=C/C(O)C(COP(=O)(O)OCC[N+](C)(C)C)NC(=O)CCCCCCCCCCCCCCCCC/C=C\CCCCCCCCCCCCCC. The summed E-state index contributed by atoms with van der Waals surface area (Å²) in [6.45, 7) is 4.80. The van der Waals surface area contributed by atoms with Gasteiger partial charge < -0.3 is 19.8 Å². The summed E-state index contributed by atoms with van der Waals surface area (Å²) in [5, 5.41) is 13.8. The number of hydrogen-bond acceptors (Lipinski definition) is 5. The van der Waals surface area contributed by atoms with Gasteiger partial charge in [-0.2, -0.15) is 0 Å². The molecule has 0 radical (unpaired) electrons. The number of carbonyl (C=O) groups excluding carboxylic acids is 1. The number of likely N-dealkylation sites (N-methyl/N-ethyl adjacent to an activating group) is 1. The van der Waals surface area contributed by atoms with Gasteiger partial charge in [0.2, 0.25) is 5.91 Å². The number of unbranched alkanes of at least 4 members (excludes halogenated alkanes) is 34. The Hall–Kier alpha value is -1.02. The Kier molecular flexibility index (Phi) is 44.4. The fourth-order valence-corrected chi connectivity index (χ4v) is 8.66. The van der Waals surface area contributed by atoms with Gasteiger partial charge in [0.15, 0.2) is 0 Å². The van der Waals surface area contributed by atoms with Crippen LogP contribution >= 0.6 is 7.82 Å². The molecule has 0 bridgehead atoms. The van der Waals surface area contributed by atoms with E-state index in [1.54, 1.807) is 6.08 Å². The molecule has 3 N–H and O–H groups in total. The third-order valence-electron chi connectivity index (χ3n) is 12.2. The summed E-state index contributed by atoms with van der Waals surface area (Å²) in [6, 6.07) is -0.841. The molecule has 0 spiro atoms. The highest BCUT2D eigenvalue weighted by Gasteiger charge is 2.27. The Morgan fingerprint density at radius 3 is 1.24 bits per heavy atom. The topological polar surface area (TPSA) is 105 Å². The van der Waals surface area contributed by atoms with Crippen molar-refractivity contribution >= 4 is 13.7 Å². The predicted molar refractivity (Wildman–Crippen MR) is 268 cm³/mol. The molecule has 0 heterocycles. The highest BCUT2D eigenvalue weighted by atomic mass is 31.2. The van der Waals surface area contributed by atoms with Gasteiger partial charge in [-0.1, -0.05) is 231 Å². The van der Waals surface area contributed by atoms with E-state index in [1.165, 1.54) is 199 Å². The Bertz CT molecular complexity index is 1060. The molecule has 0 aliphatic heterocycles. The summed E-state index contributed by atoms with van der Waals surface area (Å²) >= 11 is 0. The Balaban J connectivity index is 3.95. The van der Waals surface area contributed by atoms with Crippen molar-refractivity contribution in [3.63, 3.8) is 0 Å². The maximum absolute atomic E-state index is 12.9. The summed E-state index contributed by atoms with van der Waals surface area (Å²) in [6.07, 6.45) is 55.8. The van der Waals surface area contributed by atoms with Gasteiger partial charge >= 0.3 is 7.82 Å². The zero-order valence-corrected chi connectivity index (χ0v) is 42.8. The minimum Gasteiger partial charge on any atom is -0.387 e. The van der Waals surface area contributed by atoms with Crippen LogP contribution in [0.3, 0.4) is 0 Å². The van der Waals surface area contributed by atoms with Crippen LogP contribution in [0.5, 0.6) is 0 Å². The van der Waals surface area contributed by atoms with E-state index < -0.39 is 20.0 Å². The van der Waals surface area contributed by atoms with Crippen molar-refractivity contribution in [1.82, 2.24) is 5.32 Å². The molecule has 3 atom stereocenters. The normalized spacial score (nSPS) is 14.2. The number of phosphoric acid groups is 1. The number of hydrogen-bond donors (Lipinski definition) is 3. The lowest BCUT2D eigenvalue weighted by Gasteiger charge is -2.25. The van der Waals surface area contributed by atoms with Crippen LogP contribution in [0.4, 0.5) is 0 Å². The molecule has 0 rings (SSSR count). The van der Waals surface area contributed by atoms with Gasteiger partial charge in [0.1, 0.15) is 13.2 Å². The van der Waals surface area contributed by atoms with Gasteiger partial charge in [0, 0.05) is 6.42 Å². The number of aliphatic hydroxyl groups excluding tert-OH is 1. The molecular weight excluding hydrogens is 792 g/mol. The number of allylic oxidation sites excluding steroid dienone is 3. The molecule has 1 amide bonds. The number of amides is 1. The van der Waals surface area contributed by atoms with Crippen LogP contribution in [0.15, 0.2) is 24.3 Å². The molecule has 0 fully saturated rings. The van der Waals surface area contributed by atoms with Crippen molar-refractivity contribution in [2.45, 2.75) is 270 Å². The molecule has 8 nitrogen and oxygen atoms in total. The minimum atomic E-state index is -4.33. The van der Waals surface area contributed by atoms with Crippen molar-refractivity contribution in [3.8, 4) is 0 Å². The van der Waals surface area contributed by atoms with Crippen molar-refractivity contribution in [2.75, 3.05) is 40.9 Å². The lowest BCUT2D eigenvalue weighted by atomic mass is 10.0. The summed E-state index contributed by atoms with van der Waals surface area (Å²) in [7, 11) is 1.58. The molecule has 62 heavy (non-hydrogen) atoms. The van der Waals surface area contributed by atoms with E-state index in [-0.39, 0.29) is 19.1 Å². The second-order valence-electron chi connectivity index (χ2n) is 19.6. The van der Waals surface area contributed by atoms with Gasteiger partial charge in [-0.25, -0.2) is 4.57 Å². The zero-order chi connectivity index (χ0) is 45.7. The van der Waals surface area contributed by atoms with Gasteiger partial charge in [-0.15, -0.1) is 0 Å². The van der Waals surface area contributed by atoms with Crippen molar-refractivity contribution < 1.29 is 32.9 Å². The van der Waals surface area contributed by atoms with E-state index in [0.717, 1.165) is 38.5 Å². The van der Waals surface area contributed by atoms with Gasteiger partial charge in [0.25, 0.3) is 0 Å². The molecule has 368 valence electrons. The number of nitrogens with zero attached hydrogens (tertiary/aromatic N) is 1. The molecule has 9 heteroatoms. The van der Waals surface area contributed by atoms with E-state index in [0.29, 0.717) is 17.4 Å². The third-order valence-corrected chi connectivity index (χ3v) is 13.1. The van der Waals surface area contributed by atoms with Crippen molar-refractivity contribution in [2.24, 2.45) is 0 Å². The number of nitrogens with one attached hydrogen (secondary N) is 1. The summed E-state index contributed by atoms with van der Waals surface area (Å²) in [4.78, 5) is 23.1. The lowest BCUT2D eigenvalue weighted by molar-refractivity contribution is -0.870. The van der Waals surface area contributed by atoms with Crippen LogP contribution in [0.1, 0.15) is 258 Å². The van der Waals surface area contributed by atoms with Crippen molar-refractivity contribution in [3.05, 3.63) is 24.3 Å². The highest BCUT2D eigenvalue weighted by Crippen LogP contribution is 2.43. The molecule has 0 aliphatic carbocycles. The maximum atomic E-state index is 12.9. The first kappa shape index (κ1) is 61.0. The predicted octanol–water partition coefficient (Wildman–Crippen LogP) is 15.6. The van der Waals surface area contributed by atoms with Crippen molar-refractivity contribution in [1.29, 1.82) is 0 Å². The van der Waals surface area contributed by atoms with E-state index in [1.807, 2.05) is 27.2 Å². The van der Waals surface area contributed by atoms with E-state index in [2.05, 4.69) is 31.3 Å². The Labute approximate surface area is 385 Å². The molecular formula is C53H106N2O6P+. The fourth-order valence-electron chi connectivity index (χ4n) is 7.92.